The van der Waals surface area contributed by atoms with Gasteiger partial charge in [0.1, 0.15) is 0 Å². The van der Waals surface area contributed by atoms with Crippen LogP contribution in [0.3, 0.4) is 0 Å². The molecule has 1 heterocycles. The molecule has 0 saturated carbocycles. The lowest BCUT2D eigenvalue weighted by Gasteiger charge is -2.33. The maximum Gasteiger partial charge on any atom is 0.251 e. The fourth-order valence-corrected chi connectivity index (χ4v) is 5.00. The minimum atomic E-state index is -3.76. The lowest BCUT2D eigenvalue weighted by atomic mass is 10.1. The smallest absolute Gasteiger partial charge is 0.251 e. The van der Waals surface area contributed by atoms with Gasteiger partial charge in [0.25, 0.3) is 5.91 Å². The summed E-state index contributed by atoms with van der Waals surface area (Å²) in [6, 6.07) is 12.9. The van der Waals surface area contributed by atoms with Gasteiger partial charge in [0.15, 0.2) is 0 Å². The zero-order chi connectivity index (χ0) is 21.9. The number of carbonyl (C=O) groups is 2. The van der Waals surface area contributed by atoms with Crippen molar-refractivity contribution in [3.8, 4) is 0 Å². The highest BCUT2D eigenvalue weighted by Crippen LogP contribution is 2.21. The van der Waals surface area contributed by atoms with E-state index in [1.54, 1.807) is 35.2 Å². The summed E-state index contributed by atoms with van der Waals surface area (Å²) < 4.78 is 27.3. The molecule has 7 nitrogen and oxygen atoms in total. The highest BCUT2D eigenvalue weighted by Gasteiger charge is 2.29. The molecule has 2 aromatic carbocycles. The SMILES string of the molecule is CC(=O)N1CCN(S(=O)(=O)c2cccc(C(=O)NC(C)c3cccc(Cl)c3)c2)CC1. The molecule has 3 rings (SSSR count). The monoisotopic (exact) mass is 449 g/mol. The second kappa shape index (κ2) is 9.16. The number of benzene rings is 2. The van der Waals surface area contributed by atoms with Crippen LogP contribution in [0.1, 0.15) is 35.8 Å². The Bertz CT molecular complexity index is 1050. The fourth-order valence-electron chi connectivity index (χ4n) is 3.33. The molecule has 1 fully saturated rings. The number of piperazine rings is 1. The van der Waals surface area contributed by atoms with Crippen LogP contribution in [0, 0.1) is 0 Å². The maximum absolute atomic E-state index is 13.0. The molecule has 9 heteroatoms. The van der Waals surface area contributed by atoms with E-state index >= 15 is 0 Å². The van der Waals surface area contributed by atoms with Crippen LogP contribution in [0.15, 0.2) is 53.4 Å². The number of hydrogen-bond donors (Lipinski definition) is 1. The van der Waals surface area contributed by atoms with Gasteiger partial charge in [-0.15, -0.1) is 0 Å². The van der Waals surface area contributed by atoms with Crippen molar-refractivity contribution in [1.29, 1.82) is 0 Å². The van der Waals surface area contributed by atoms with Crippen molar-refractivity contribution in [2.75, 3.05) is 26.2 Å². The van der Waals surface area contributed by atoms with Gasteiger partial charge in [0, 0.05) is 43.7 Å². The first kappa shape index (κ1) is 22.3. The molecule has 1 unspecified atom stereocenters. The predicted octanol–water partition coefficient (Wildman–Crippen LogP) is 2.68. The van der Waals surface area contributed by atoms with Gasteiger partial charge in [0.05, 0.1) is 10.9 Å². The third-order valence-electron chi connectivity index (χ3n) is 5.11. The van der Waals surface area contributed by atoms with Gasteiger partial charge in [-0.3, -0.25) is 9.59 Å². The molecule has 160 valence electrons. The molecule has 1 atom stereocenters. The minimum absolute atomic E-state index is 0.0573. The topological polar surface area (TPSA) is 86.8 Å². The van der Waals surface area contributed by atoms with Crippen molar-refractivity contribution in [2.45, 2.75) is 24.8 Å². The zero-order valence-electron chi connectivity index (χ0n) is 16.8. The number of carbonyl (C=O) groups excluding carboxylic acids is 2. The summed E-state index contributed by atoms with van der Waals surface area (Å²) in [7, 11) is -3.76. The molecule has 1 aliphatic heterocycles. The number of amides is 2. The summed E-state index contributed by atoms with van der Waals surface area (Å²) in [5, 5.41) is 3.44. The van der Waals surface area contributed by atoms with Crippen LogP contribution in [0.25, 0.3) is 0 Å². The molecule has 0 bridgehead atoms. The van der Waals surface area contributed by atoms with E-state index in [0.29, 0.717) is 18.1 Å². The minimum Gasteiger partial charge on any atom is -0.346 e. The first-order chi connectivity index (χ1) is 14.2. The molecule has 2 amide bonds. The highest BCUT2D eigenvalue weighted by molar-refractivity contribution is 7.89. The number of rotatable bonds is 5. The van der Waals surface area contributed by atoms with Crippen molar-refractivity contribution in [3.05, 3.63) is 64.7 Å². The molecule has 2 aromatic rings. The molecule has 0 aliphatic carbocycles. The summed E-state index contributed by atoms with van der Waals surface area (Å²) in [6.45, 7) is 4.46. The second-order valence-corrected chi connectivity index (χ2v) is 9.56. The van der Waals surface area contributed by atoms with Gasteiger partial charge in [0.2, 0.25) is 15.9 Å². The van der Waals surface area contributed by atoms with Crippen molar-refractivity contribution >= 4 is 33.4 Å². The maximum atomic E-state index is 13.0. The fraction of sp³-hybridized carbons (Fsp3) is 0.333. The third-order valence-corrected chi connectivity index (χ3v) is 7.24. The predicted molar refractivity (Wildman–Crippen MR) is 115 cm³/mol. The van der Waals surface area contributed by atoms with Crippen LogP contribution in [-0.2, 0) is 14.8 Å². The Labute approximate surface area is 181 Å². The van der Waals surface area contributed by atoms with E-state index in [-0.39, 0.29) is 41.4 Å². The Balaban J connectivity index is 1.73. The van der Waals surface area contributed by atoms with Crippen LogP contribution in [0.5, 0.6) is 0 Å². The number of nitrogens with one attached hydrogen (secondary N) is 1. The molecule has 1 aliphatic rings. The lowest BCUT2D eigenvalue weighted by Crippen LogP contribution is -2.49. The number of nitrogens with zero attached hydrogens (tertiary/aromatic N) is 2. The summed E-state index contributed by atoms with van der Waals surface area (Å²) in [5.74, 6) is -0.444. The third kappa shape index (κ3) is 5.00. The molecule has 0 radical (unpaired) electrons. The average molecular weight is 450 g/mol. The summed E-state index contributed by atoms with van der Waals surface area (Å²) in [5.41, 5.74) is 1.11. The lowest BCUT2D eigenvalue weighted by molar-refractivity contribution is -0.129. The Morgan fingerprint density at radius 1 is 1.03 bits per heavy atom. The van der Waals surface area contributed by atoms with Gasteiger partial charge in [-0.25, -0.2) is 8.42 Å². The van der Waals surface area contributed by atoms with E-state index in [9.17, 15) is 18.0 Å². The van der Waals surface area contributed by atoms with E-state index in [0.717, 1.165) is 5.56 Å². The van der Waals surface area contributed by atoms with E-state index in [2.05, 4.69) is 5.32 Å². The molecule has 0 spiro atoms. The van der Waals surface area contributed by atoms with Gasteiger partial charge in [-0.1, -0.05) is 29.8 Å². The summed E-state index contributed by atoms with van der Waals surface area (Å²) in [6.07, 6.45) is 0. The normalized spacial score (nSPS) is 16.2. The van der Waals surface area contributed by atoms with Crippen LogP contribution in [-0.4, -0.2) is 55.6 Å². The first-order valence-electron chi connectivity index (χ1n) is 9.60. The van der Waals surface area contributed by atoms with E-state index in [1.165, 1.54) is 23.4 Å². The molecular weight excluding hydrogens is 426 g/mol. The van der Waals surface area contributed by atoms with E-state index in [1.807, 2.05) is 13.0 Å². The van der Waals surface area contributed by atoms with E-state index in [4.69, 9.17) is 11.6 Å². The van der Waals surface area contributed by atoms with E-state index < -0.39 is 10.0 Å². The average Bonchev–Trinajstić information content (AvgIpc) is 2.73. The Morgan fingerprint density at radius 2 is 1.70 bits per heavy atom. The van der Waals surface area contributed by atoms with Gasteiger partial charge in [-0.2, -0.15) is 4.31 Å². The molecule has 1 saturated heterocycles. The standard InChI is InChI=1S/C21H24ClN3O4S/c1-15(17-5-3-7-19(22)13-17)23-21(27)18-6-4-8-20(14-18)30(28,29)25-11-9-24(10-12-25)16(2)26/h3-8,13-15H,9-12H2,1-2H3,(H,23,27). The number of halogens is 1. The molecule has 0 aromatic heterocycles. The Kier molecular flexibility index (Phi) is 6.80. The summed E-state index contributed by atoms with van der Waals surface area (Å²) >= 11 is 6.01. The summed E-state index contributed by atoms with van der Waals surface area (Å²) in [4.78, 5) is 25.8. The van der Waals surface area contributed by atoms with Crippen LogP contribution in [0.4, 0.5) is 0 Å². The van der Waals surface area contributed by atoms with Crippen molar-refractivity contribution in [2.24, 2.45) is 0 Å². The Hall–Kier alpha value is -2.42. The molecule has 1 N–H and O–H groups in total. The van der Waals surface area contributed by atoms with Crippen molar-refractivity contribution < 1.29 is 18.0 Å². The second-order valence-electron chi connectivity index (χ2n) is 7.19. The Morgan fingerprint density at radius 3 is 2.33 bits per heavy atom. The largest absolute Gasteiger partial charge is 0.346 e. The molecular formula is C21H24ClN3O4S. The van der Waals surface area contributed by atoms with Gasteiger partial charge < -0.3 is 10.2 Å². The van der Waals surface area contributed by atoms with Gasteiger partial charge in [-0.05, 0) is 42.8 Å². The quantitative estimate of drug-likeness (QED) is 0.760. The van der Waals surface area contributed by atoms with Crippen LogP contribution >= 0.6 is 11.6 Å². The first-order valence-corrected chi connectivity index (χ1v) is 11.4. The van der Waals surface area contributed by atoms with Crippen molar-refractivity contribution in [1.82, 2.24) is 14.5 Å². The van der Waals surface area contributed by atoms with Crippen LogP contribution < -0.4 is 5.32 Å². The number of sulfonamides is 1. The number of hydrogen-bond acceptors (Lipinski definition) is 4. The van der Waals surface area contributed by atoms with Gasteiger partial charge >= 0.3 is 0 Å². The zero-order valence-corrected chi connectivity index (χ0v) is 18.4. The highest BCUT2D eigenvalue weighted by atomic mass is 35.5. The van der Waals surface area contributed by atoms with Crippen molar-refractivity contribution in [3.63, 3.8) is 0 Å². The van der Waals surface area contributed by atoms with Crippen LogP contribution in [0.2, 0.25) is 5.02 Å². The molecule has 30 heavy (non-hydrogen) atoms.